The molecule has 0 atom stereocenters. The van der Waals surface area contributed by atoms with E-state index in [1.165, 1.54) is 20.5 Å². The van der Waals surface area contributed by atoms with Gasteiger partial charge in [-0.1, -0.05) is 38.1 Å². The molecule has 0 aliphatic rings. The number of thiophene rings is 1. The molecule has 35 heavy (non-hydrogen) atoms. The highest BCUT2D eigenvalue weighted by molar-refractivity contribution is 7.22. The van der Waals surface area contributed by atoms with E-state index >= 15 is 0 Å². The van der Waals surface area contributed by atoms with Gasteiger partial charge in [0.1, 0.15) is 11.6 Å². The summed E-state index contributed by atoms with van der Waals surface area (Å²) in [4.78, 5) is 17.4. The fourth-order valence-electron chi connectivity index (χ4n) is 4.83. The Morgan fingerprint density at radius 3 is 2.43 bits per heavy atom. The molecule has 0 unspecified atom stereocenters. The number of nitrogens with zero attached hydrogens (tertiary/aromatic N) is 4. The maximum Gasteiger partial charge on any atom is 0.109 e. The molecule has 2 N–H and O–H groups in total. The Hall–Kier alpha value is -4.10. The highest BCUT2D eigenvalue weighted by atomic mass is 32.1. The summed E-state index contributed by atoms with van der Waals surface area (Å²) in [5.41, 5.74) is 5.41. The van der Waals surface area contributed by atoms with Crippen LogP contribution in [0.5, 0.6) is 0 Å². The van der Waals surface area contributed by atoms with Gasteiger partial charge in [-0.2, -0.15) is 10.2 Å². The van der Waals surface area contributed by atoms with E-state index in [0.717, 1.165) is 55.5 Å². The Bertz CT molecular complexity index is 1910. The lowest BCUT2D eigenvalue weighted by atomic mass is 9.99. The lowest BCUT2D eigenvalue weighted by molar-refractivity contribution is 0.799. The summed E-state index contributed by atoms with van der Waals surface area (Å²) >= 11 is 1.81. The van der Waals surface area contributed by atoms with Gasteiger partial charge in [0.05, 0.1) is 35.3 Å². The van der Waals surface area contributed by atoms with E-state index in [4.69, 9.17) is 4.98 Å². The monoisotopic (exact) mass is 474 g/mol. The summed E-state index contributed by atoms with van der Waals surface area (Å²) in [5.74, 6) is 2.23. The van der Waals surface area contributed by atoms with E-state index in [2.05, 4.69) is 81.5 Å². The second-order valence-electron chi connectivity index (χ2n) is 9.32. The van der Waals surface area contributed by atoms with Crippen molar-refractivity contribution in [2.24, 2.45) is 0 Å². The Morgan fingerprint density at radius 2 is 1.63 bits per heavy atom. The molecule has 0 saturated carbocycles. The van der Waals surface area contributed by atoms with Crippen LogP contribution in [-0.4, -0.2) is 30.1 Å². The van der Waals surface area contributed by atoms with Crippen LogP contribution in [-0.2, 0) is 0 Å². The van der Waals surface area contributed by atoms with Gasteiger partial charge >= 0.3 is 0 Å². The Morgan fingerprint density at radius 1 is 0.800 bits per heavy atom. The highest BCUT2D eigenvalue weighted by Crippen LogP contribution is 2.40. The number of benzene rings is 3. The molecule has 7 rings (SSSR count). The minimum atomic E-state index is 0.315. The normalized spacial score (nSPS) is 12.1. The van der Waals surface area contributed by atoms with Crippen LogP contribution in [0.25, 0.3) is 64.4 Å². The molecule has 0 aliphatic heterocycles. The average Bonchev–Trinajstić information content (AvgIpc) is 3.61. The van der Waals surface area contributed by atoms with Gasteiger partial charge in [0.2, 0.25) is 0 Å². The Balaban J connectivity index is 1.42. The molecule has 3 aromatic carbocycles. The van der Waals surface area contributed by atoms with Crippen LogP contribution in [0.2, 0.25) is 0 Å². The average molecular weight is 475 g/mol. The first kappa shape index (κ1) is 20.3. The van der Waals surface area contributed by atoms with Crippen molar-refractivity contribution in [2.45, 2.75) is 26.7 Å². The number of aryl methyl sites for hydroxylation is 1. The molecule has 0 amide bonds. The number of hydrogen-bond donors (Lipinski definition) is 2. The molecule has 170 valence electrons. The minimum Gasteiger partial charge on any atom is -0.342 e. The summed E-state index contributed by atoms with van der Waals surface area (Å²) in [5, 5.41) is 14.0. The van der Waals surface area contributed by atoms with Gasteiger partial charge < -0.3 is 9.97 Å². The van der Waals surface area contributed by atoms with Gasteiger partial charge in [-0.15, -0.1) is 11.3 Å². The number of hydrogen-bond acceptors (Lipinski definition) is 5. The van der Waals surface area contributed by atoms with Crippen molar-refractivity contribution in [3.8, 4) is 21.7 Å². The summed E-state index contributed by atoms with van der Waals surface area (Å²) in [6.45, 7) is 6.28. The van der Waals surface area contributed by atoms with E-state index in [1.54, 1.807) is 0 Å². The van der Waals surface area contributed by atoms with Crippen molar-refractivity contribution in [2.75, 3.05) is 0 Å². The zero-order valence-electron chi connectivity index (χ0n) is 19.5. The number of fused-ring (bicyclic) bond motifs is 7. The largest absolute Gasteiger partial charge is 0.342 e. The first-order valence-electron chi connectivity index (χ1n) is 11.7. The van der Waals surface area contributed by atoms with Crippen molar-refractivity contribution < 1.29 is 0 Å². The molecule has 0 radical (unpaired) electrons. The zero-order valence-corrected chi connectivity index (χ0v) is 20.4. The quantitative estimate of drug-likeness (QED) is 0.262. The van der Waals surface area contributed by atoms with E-state index in [1.807, 2.05) is 36.9 Å². The summed E-state index contributed by atoms with van der Waals surface area (Å²) in [6, 6.07) is 15.5. The SMILES string of the molecule is Cc1ncc(-c2ccc3cc(-c4ccc5c(c4)c4cnncc4c4nc(C(C)C)[nH]c54)sc3c2)[nH]1. The molecule has 0 spiro atoms. The van der Waals surface area contributed by atoms with Crippen LogP contribution in [0.15, 0.2) is 61.1 Å². The summed E-state index contributed by atoms with van der Waals surface area (Å²) in [7, 11) is 0. The third-order valence-corrected chi connectivity index (χ3v) is 7.80. The van der Waals surface area contributed by atoms with Gasteiger partial charge in [-0.05, 0) is 41.5 Å². The first-order valence-corrected chi connectivity index (χ1v) is 12.5. The number of imidazole rings is 2. The van der Waals surface area contributed by atoms with E-state index in [9.17, 15) is 0 Å². The second-order valence-corrected chi connectivity index (χ2v) is 10.4. The maximum atomic E-state index is 4.91. The number of rotatable bonds is 3. The topological polar surface area (TPSA) is 83.1 Å². The fraction of sp³-hybridized carbons (Fsp3) is 0.143. The van der Waals surface area contributed by atoms with Crippen molar-refractivity contribution in [3.05, 3.63) is 72.7 Å². The van der Waals surface area contributed by atoms with E-state index in [-0.39, 0.29) is 0 Å². The smallest absolute Gasteiger partial charge is 0.109 e. The number of nitrogens with one attached hydrogen (secondary N) is 2. The predicted molar refractivity (Wildman–Crippen MR) is 144 cm³/mol. The molecule has 0 aliphatic carbocycles. The molecule has 7 heteroatoms. The van der Waals surface area contributed by atoms with Gasteiger partial charge in [0.25, 0.3) is 0 Å². The number of aromatic amines is 2. The maximum absolute atomic E-state index is 4.91. The zero-order chi connectivity index (χ0) is 23.7. The van der Waals surface area contributed by atoms with Crippen LogP contribution >= 0.6 is 11.3 Å². The van der Waals surface area contributed by atoms with E-state index < -0.39 is 0 Å². The molecule has 4 heterocycles. The second kappa shape index (κ2) is 7.45. The molecule has 4 aromatic heterocycles. The molecule has 0 saturated heterocycles. The molecule has 0 bridgehead atoms. The van der Waals surface area contributed by atoms with Crippen molar-refractivity contribution in [1.82, 2.24) is 30.1 Å². The van der Waals surface area contributed by atoms with Crippen molar-refractivity contribution in [1.29, 1.82) is 0 Å². The molecule has 7 aromatic rings. The van der Waals surface area contributed by atoms with Gasteiger partial charge in [-0.3, -0.25) is 0 Å². The third-order valence-electron chi connectivity index (χ3n) is 6.65. The van der Waals surface area contributed by atoms with Crippen LogP contribution in [0, 0.1) is 6.92 Å². The molecular formula is C28H22N6S. The van der Waals surface area contributed by atoms with Crippen LogP contribution in [0.3, 0.4) is 0 Å². The molecule has 6 nitrogen and oxygen atoms in total. The third kappa shape index (κ3) is 3.15. The minimum absolute atomic E-state index is 0.315. The van der Waals surface area contributed by atoms with Gasteiger partial charge in [0.15, 0.2) is 0 Å². The van der Waals surface area contributed by atoms with E-state index in [0.29, 0.717) is 5.92 Å². The Labute approximate surface area is 205 Å². The molecular weight excluding hydrogens is 452 g/mol. The molecule has 0 fully saturated rings. The van der Waals surface area contributed by atoms with Crippen LogP contribution < -0.4 is 0 Å². The lowest BCUT2D eigenvalue weighted by Gasteiger charge is -2.07. The highest BCUT2D eigenvalue weighted by Gasteiger charge is 2.16. The van der Waals surface area contributed by atoms with Crippen LogP contribution in [0.1, 0.15) is 31.4 Å². The first-order chi connectivity index (χ1) is 17.0. The standard InChI is InChI=1S/C28H22N6S/c1-14(2)28-33-26-19-7-6-17(8-20(19)21-11-30-31-12-22(21)27(26)34-28)25-10-18-5-4-16(9-24(18)35-25)23-13-29-15(3)32-23/h4-14H,1-3H3,(H,29,32)(H,33,34). The summed E-state index contributed by atoms with van der Waals surface area (Å²) in [6.07, 6.45) is 5.57. The Kier molecular flexibility index (Phi) is 4.32. The fourth-order valence-corrected chi connectivity index (χ4v) is 5.92. The lowest BCUT2D eigenvalue weighted by Crippen LogP contribution is -1.88. The van der Waals surface area contributed by atoms with Crippen LogP contribution in [0.4, 0.5) is 0 Å². The van der Waals surface area contributed by atoms with Crippen molar-refractivity contribution >= 4 is 54.0 Å². The van der Waals surface area contributed by atoms with Gasteiger partial charge in [0, 0.05) is 37.2 Å². The summed E-state index contributed by atoms with van der Waals surface area (Å²) < 4.78 is 1.26. The number of H-pyrrole nitrogens is 2. The predicted octanol–water partition coefficient (Wildman–Crippen LogP) is 7.36. The number of aromatic nitrogens is 6. The van der Waals surface area contributed by atoms with Crippen molar-refractivity contribution in [3.63, 3.8) is 0 Å². The van der Waals surface area contributed by atoms with Gasteiger partial charge in [-0.25, -0.2) is 9.97 Å².